The number of nitrogens with one attached hydrogen (secondary N) is 2. The molecule has 1 aromatic heterocycles. The number of nitrogens with two attached hydrogens (primary N) is 1. The number of thioether (sulfide) groups is 1. The number of hydrogen-bond donors (Lipinski definition) is 3. The quantitative estimate of drug-likeness (QED) is 0.410. The topological polar surface area (TPSA) is 132 Å². The monoisotopic (exact) mass is 568 g/mol. The highest BCUT2D eigenvalue weighted by atomic mass is 32.2. The summed E-state index contributed by atoms with van der Waals surface area (Å²) in [4.78, 5) is 37.9. The van der Waals surface area contributed by atoms with E-state index in [0.29, 0.717) is 6.42 Å². The van der Waals surface area contributed by atoms with Crippen LogP contribution in [0.4, 0.5) is 23.2 Å². The van der Waals surface area contributed by atoms with Crippen LogP contribution in [0.5, 0.6) is 5.88 Å². The molecule has 0 radical (unpaired) electrons. The minimum atomic E-state index is -4.54. The second-order valence-electron chi connectivity index (χ2n) is 10.1. The van der Waals surface area contributed by atoms with Gasteiger partial charge in [0.05, 0.1) is 17.9 Å². The zero-order valence-electron chi connectivity index (χ0n) is 21.6. The molecule has 4 atom stereocenters. The Morgan fingerprint density at radius 1 is 1.23 bits per heavy atom. The summed E-state index contributed by atoms with van der Waals surface area (Å²) in [5.74, 6) is -1.99. The van der Waals surface area contributed by atoms with Crippen LogP contribution in [0.2, 0.25) is 0 Å². The highest BCUT2D eigenvalue weighted by Crippen LogP contribution is 2.66. The van der Waals surface area contributed by atoms with E-state index in [2.05, 4.69) is 30.3 Å². The van der Waals surface area contributed by atoms with Crippen LogP contribution in [0.1, 0.15) is 50.2 Å². The van der Waals surface area contributed by atoms with E-state index >= 15 is 4.39 Å². The van der Waals surface area contributed by atoms with Gasteiger partial charge < -0.3 is 21.1 Å². The Hall–Kier alpha value is -3.42. The molecule has 1 aliphatic heterocycles. The van der Waals surface area contributed by atoms with Crippen LogP contribution < -0.4 is 21.1 Å². The molecule has 14 heteroatoms. The van der Waals surface area contributed by atoms with Crippen LogP contribution in [-0.4, -0.2) is 50.5 Å². The van der Waals surface area contributed by atoms with E-state index in [-0.39, 0.29) is 45.9 Å². The lowest BCUT2D eigenvalue weighted by atomic mass is 9.85. The maximum atomic E-state index is 15.2. The van der Waals surface area contributed by atoms with Gasteiger partial charge in [0.1, 0.15) is 16.3 Å². The zero-order valence-corrected chi connectivity index (χ0v) is 22.4. The molecule has 2 aliphatic rings. The Balaban J connectivity index is 1.53. The van der Waals surface area contributed by atoms with Crippen molar-refractivity contribution in [3.63, 3.8) is 0 Å². The molecule has 0 spiro atoms. The summed E-state index contributed by atoms with van der Waals surface area (Å²) >= 11 is 1.18. The van der Waals surface area contributed by atoms with E-state index in [1.807, 2.05) is 20.8 Å². The van der Waals surface area contributed by atoms with Gasteiger partial charge in [0.15, 0.2) is 11.8 Å². The average molecular weight is 569 g/mol. The first kappa shape index (κ1) is 28.6. The fourth-order valence-electron chi connectivity index (χ4n) is 4.42. The molecule has 210 valence electrons. The van der Waals surface area contributed by atoms with Gasteiger partial charge in [-0.05, 0) is 44.4 Å². The van der Waals surface area contributed by atoms with Gasteiger partial charge in [-0.25, -0.2) is 14.4 Å². The molecule has 1 saturated carbocycles. The second kappa shape index (κ2) is 10.3. The van der Waals surface area contributed by atoms with Gasteiger partial charge >= 0.3 is 6.18 Å². The number of carbonyl (C=O) groups excluding carboxylic acids is 2. The van der Waals surface area contributed by atoms with Crippen LogP contribution in [0, 0.1) is 17.7 Å². The number of carbonyl (C=O) groups is 2. The molecule has 1 aromatic carbocycles. The Bertz CT molecular complexity index is 1310. The van der Waals surface area contributed by atoms with Gasteiger partial charge in [0, 0.05) is 23.2 Å². The summed E-state index contributed by atoms with van der Waals surface area (Å²) in [5, 5.41) is 5.77. The number of nitrogens with zero attached hydrogens (tertiary/aromatic N) is 3. The number of hydrogen-bond acceptors (Lipinski definition) is 8. The number of amidine groups is 1. The van der Waals surface area contributed by atoms with Crippen molar-refractivity contribution in [2.45, 2.75) is 56.6 Å². The van der Waals surface area contributed by atoms with E-state index in [1.165, 1.54) is 30.0 Å². The smallest absolute Gasteiger partial charge is 0.422 e. The van der Waals surface area contributed by atoms with Crippen molar-refractivity contribution in [1.82, 2.24) is 15.3 Å². The maximum Gasteiger partial charge on any atom is 0.422 e. The molecule has 39 heavy (non-hydrogen) atoms. The number of ether oxygens (including phenoxy) is 1. The number of rotatable bonds is 8. The Kier molecular flexibility index (Phi) is 7.54. The molecule has 0 saturated heterocycles. The maximum absolute atomic E-state index is 15.2. The predicted octanol–water partition coefficient (Wildman–Crippen LogP) is 4.01. The molecule has 4 rings (SSSR count). The lowest BCUT2D eigenvalue weighted by Gasteiger charge is -2.34. The van der Waals surface area contributed by atoms with Crippen molar-refractivity contribution in [2.75, 3.05) is 11.9 Å². The third-order valence-electron chi connectivity index (χ3n) is 6.97. The molecule has 0 unspecified atom stereocenters. The number of amides is 2. The first-order chi connectivity index (χ1) is 18.1. The van der Waals surface area contributed by atoms with Crippen LogP contribution in [0.25, 0.3) is 0 Å². The molecule has 1 aliphatic carbocycles. The lowest BCUT2D eigenvalue weighted by Crippen LogP contribution is -2.47. The van der Waals surface area contributed by atoms with Gasteiger partial charge in [0.25, 0.3) is 5.91 Å². The number of alkyl halides is 3. The highest BCUT2D eigenvalue weighted by Gasteiger charge is 2.70. The number of anilines is 1. The molecule has 4 N–H and O–H groups in total. The first-order valence-corrected chi connectivity index (χ1v) is 12.9. The summed E-state index contributed by atoms with van der Waals surface area (Å²) < 4.78 is 55.7. The molecule has 1 fully saturated rings. The fraction of sp³-hybridized carbons (Fsp3) is 0.480. The van der Waals surface area contributed by atoms with Crippen molar-refractivity contribution >= 4 is 34.4 Å². The van der Waals surface area contributed by atoms with E-state index < -0.39 is 40.7 Å². The van der Waals surface area contributed by atoms with E-state index in [1.54, 1.807) is 6.92 Å². The van der Waals surface area contributed by atoms with Gasteiger partial charge in [-0.15, -0.1) is 0 Å². The SMILES string of the molecule is CC(C)[C@H](C)NC(=O)[C@]12C[C@H]1[C@@](C)(c1cc(NC(=O)c3cnc(OCC(F)(F)F)cn3)ccc1F)N=C(N)S2. The van der Waals surface area contributed by atoms with Gasteiger partial charge in [0.2, 0.25) is 11.8 Å². The van der Waals surface area contributed by atoms with Gasteiger partial charge in [-0.1, -0.05) is 25.6 Å². The van der Waals surface area contributed by atoms with E-state index in [4.69, 9.17) is 5.73 Å². The number of benzene rings is 1. The third-order valence-corrected chi connectivity index (χ3v) is 8.28. The number of aromatic nitrogens is 2. The molecule has 9 nitrogen and oxygen atoms in total. The standard InChI is InChI=1S/C25H28F4N6O3S/c1-12(2)13(3)33-21(37)24-8-18(24)23(4,35-22(30)39-24)15-7-14(5-6-16(15)26)34-20(36)17-9-32-19(10-31-17)38-11-25(27,28)29/h5-7,9-10,12-13,18H,8,11H2,1-4H3,(H2,30,35)(H,33,37)(H,34,36)/t13-,18-,23+,24-/m0/s1. The number of halogens is 4. The molecular formula is C25H28F4N6O3S. The number of fused-ring (bicyclic) bond motifs is 1. The molecular weight excluding hydrogens is 540 g/mol. The van der Waals surface area contributed by atoms with Crippen molar-refractivity contribution < 1.29 is 31.9 Å². The third kappa shape index (κ3) is 5.94. The highest BCUT2D eigenvalue weighted by molar-refractivity contribution is 8.15. The molecule has 0 bridgehead atoms. The second-order valence-corrected chi connectivity index (χ2v) is 11.5. The Morgan fingerprint density at radius 2 is 1.95 bits per heavy atom. The van der Waals surface area contributed by atoms with Crippen LogP contribution in [-0.2, 0) is 10.3 Å². The normalized spacial score (nSPS) is 24.8. The summed E-state index contributed by atoms with van der Waals surface area (Å²) in [6.07, 6.45) is -2.24. The minimum Gasteiger partial charge on any atom is -0.467 e. The average Bonchev–Trinajstić information content (AvgIpc) is 3.60. The van der Waals surface area contributed by atoms with Crippen LogP contribution >= 0.6 is 11.8 Å². The van der Waals surface area contributed by atoms with Crippen molar-refractivity contribution in [3.8, 4) is 5.88 Å². The summed E-state index contributed by atoms with van der Waals surface area (Å²) in [7, 11) is 0. The summed E-state index contributed by atoms with van der Waals surface area (Å²) in [6.45, 7) is 6.08. The zero-order chi connectivity index (χ0) is 28.8. The van der Waals surface area contributed by atoms with Crippen LogP contribution in [0.3, 0.4) is 0 Å². The largest absolute Gasteiger partial charge is 0.467 e. The minimum absolute atomic E-state index is 0.0660. The summed E-state index contributed by atoms with van der Waals surface area (Å²) in [5.41, 5.74) is 5.14. The summed E-state index contributed by atoms with van der Waals surface area (Å²) in [6, 6.07) is 3.87. The van der Waals surface area contributed by atoms with Gasteiger partial charge in [-0.2, -0.15) is 13.2 Å². The van der Waals surface area contributed by atoms with E-state index in [0.717, 1.165) is 12.4 Å². The predicted molar refractivity (Wildman–Crippen MR) is 138 cm³/mol. The van der Waals surface area contributed by atoms with Crippen molar-refractivity contribution in [2.24, 2.45) is 22.6 Å². The van der Waals surface area contributed by atoms with Crippen LogP contribution in [0.15, 0.2) is 35.6 Å². The Labute approximate surface area is 226 Å². The lowest BCUT2D eigenvalue weighted by molar-refractivity contribution is -0.154. The molecule has 2 aromatic rings. The first-order valence-electron chi connectivity index (χ1n) is 12.1. The molecule has 2 amide bonds. The molecule has 2 heterocycles. The van der Waals surface area contributed by atoms with E-state index in [9.17, 15) is 22.8 Å². The fourth-order valence-corrected chi connectivity index (χ4v) is 5.80. The van der Waals surface area contributed by atoms with Crippen molar-refractivity contribution in [3.05, 3.63) is 47.7 Å². The number of aliphatic imine (C=N–C) groups is 1. The van der Waals surface area contributed by atoms with Gasteiger partial charge in [-0.3, -0.25) is 14.6 Å². The van der Waals surface area contributed by atoms with Crippen molar-refractivity contribution in [1.29, 1.82) is 0 Å². The Morgan fingerprint density at radius 3 is 2.56 bits per heavy atom.